The van der Waals surface area contributed by atoms with Gasteiger partial charge in [0.25, 0.3) is 0 Å². The second-order valence-corrected chi connectivity index (χ2v) is 1.95. The summed E-state index contributed by atoms with van der Waals surface area (Å²) in [6, 6.07) is 0. The van der Waals surface area contributed by atoms with E-state index in [1.54, 1.807) is 0 Å². The number of hydrazine groups is 2. The van der Waals surface area contributed by atoms with E-state index in [0.29, 0.717) is 6.54 Å². The first-order valence-electron chi connectivity index (χ1n) is 3.69. The van der Waals surface area contributed by atoms with Crippen LogP contribution in [-0.2, 0) is 0 Å². The fraction of sp³-hybridized carbons (Fsp3) is 1.00. The largest absolute Gasteiger partial charge is 0.395 e. The van der Waals surface area contributed by atoms with Crippen LogP contribution in [0.3, 0.4) is 0 Å². The minimum absolute atomic E-state index is 0.187. The molecule has 0 aromatic carbocycles. The average Bonchev–Trinajstić information content (AvgIpc) is 1.98. The standard InChI is InChI=1S/C6H17N3O/c1-3-7-8-9(4-2)5-6-10/h7-8,10H,3-6H2,1-2H3. The van der Waals surface area contributed by atoms with Gasteiger partial charge >= 0.3 is 0 Å². The van der Waals surface area contributed by atoms with Gasteiger partial charge in [-0.25, -0.2) is 10.4 Å². The maximum Gasteiger partial charge on any atom is 0.0573 e. The van der Waals surface area contributed by atoms with Crippen LogP contribution in [0.25, 0.3) is 0 Å². The van der Waals surface area contributed by atoms with Crippen LogP contribution in [0.4, 0.5) is 0 Å². The highest BCUT2D eigenvalue weighted by molar-refractivity contribution is 4.43. The summed E-state index contributed by atoms with van der Waals surface area (Å²) < 4.78 is 0. The second-order valence-electron chi connectivity index (χ2n) is 1.95. The Kier molecular flexibility index (Phi) is 6.84. The zero-order valence-electron chi connectivity index (χ0n) is 6.72. The molecule has 0 fully saturated rings. The molecule has 0 spiro atoms. The summed E-state index contributed by atoms with van der Waals surface area (Å²) in [6.07, 6.45) is 0. The monoisotopic (exact) mass is 147 g/mol. The number of hydrogen-bond acceptors (Lipinski definition) is 4. The van der Waals surface area contributed by atoms with Crippen molar-refractivity contribution in [2.45, 2.75) is 13.8 Å². The highest BCUT2D eigenvalue weighted by Crippen LogP contribution is 1.76. The molecule has 0 rings (SSSR count). The number of nitrogens with one attached hydrogen (secondary N) is 2. The van der Waals surface area contributed by atoms with Gasteiger partial charge in [-0.15, -0.1) is 0 Å². The Labute approximate surface area is 62.2 Å². The molecule has 3 N–H and O–H groups in total. The molecule has 0 radical (unpaired) electrons. The van der Waals surface area contributed by atoms with Crippen LogP contribution in [0.15, 0.2) is 0 Å². The van der Waals surface area contributed by atoms with E-state index < -0.39 is 0 Å². The molecule has 0 heterocycles. The summed E-state index contributed by atoms with van der Waals surface area (Å²) in [7, 11) is 0. The first kappa shape index (κ1) is 9.84. The Morgan fingerprint density at radius 3 is 2.50 bits per heavy atom. The van der Waals surface area contributed by atoms with Gasteiger partial charge in [-0.1, -0.05) is 13.8 Å². The van der Waals surface area contributed by atoms with Gasteiger partial charge in [0, 0.05) is 19.6 Å². The third-order valence-electron chi connectivity index (χ3n) is 1.17. The fourth-order valence-electron chi connectivity index (χ4n) is 0.605. The maximum atomic E-state index is 8.56. The molecule has 0 saturated carbocycles. The molecule has 0 aliphatic heterocycles. The van der Waals surface area contributed by atoms with Gasteiger partial charge in [-0.3, -0.25) is 0 Å². The summed E-state index contributed by atoms with van der Waals surface area (Å²) in [5.41, 5.74) is 5.89. The highest BCUT2D eigenvalue weighted by atomic mass is 16.3. The summed E-state index contributed by atoms with van der Waals surface area (Å²) in [5.74, 6) is 0. The molecule has 0 amide bonds. The van der Waals surface area contributed by atoms with E-state index in [0.717, 1.165) is 13.1 Å². The third kappa shape index (κ3) is 4.69. The van der Waals surface area contributed by atoms with Gasteiger partial charge in [-0.05, 0) is 0 Å². The molecule has 0 unspecified atom stereocenters. The lowest BCUT2D eigenvalue weighted by Gasteiger charge is -2.19. The molecule has 4 heteroatoms. The molecule has 0 saturated heterocycles. The Hall–Kier alpha value is -0.160. The number of aliphatic hydroxyl groups is 1. The van der Waals surface area contributed by atoms with Crippen molar-refractivity contribution in [1.29, 1.82) is 0 Å². The van der Waals surface area contributed by atoms with Crippen molar-refractivity contribution in [2.75, 3.05) is 26.2 Å². The van der Waals surface area contributed by atoms with Gasteiger partial charge in [-0.2, -0.15) is 5.53 Å². The molecule has 0 atom stereocenters. The number of aliphatic hydroxyl groups excluding tert-OH is 1. The Morgan fingerprint density at radius 1 is 1.40 bits per heavy atom. The lowest BCUT2D eigenvalue weighted by Crippen LogP contribution is -2.47. The lowest BCUT2D eigenvalue weighted by molar-refractivity contribution is 0.126. The topological polar surface area (TPSA) is 47.5 Å². The first-order chi connectivity index (χ1) is 4.85. The maximum absolute atomic E-state index is 8.56. The van der Waals surface area contributed by atoms with Crippen molar-refractivity contribution in [3.8, 4) is 0 Å². The Bertz CT molecular complexity index is 70.0. The van der Waals surface area contributed by atoms with E-state index >= 15 is 0 Å². The Morgan fingerprint density at radius 2 is 2.10 bits per heavy atom. The van der Waals surface area contributed by atoms with E-state index in [1.165, 1.54) is 0 Å². The number of likely N-dealkylation sites (N-methyl/N-ethyl adjacent to an activating group) is 1. The zero-order valence-corrected chi connectivity index (χ0v) is 6.72. The quantitative estimate of drug-likeness (QED) is 0.436. The number of rotatable bonds is 6. The van der Waals surface area contributed by atoms with Crippen molar-refractivity contribution in [1.82, 2.24) is 16.0 Å². The zero-order chi connectivity index (χ0) is 7.82. The van der Waals surface area contributed by atoms with E-state index in [4.69, 9.17) is 5.11 Å². The van der Waals surface area contributed by atoms with Crippen molar-refractivity contribution < 1.29 is 5.11 Å². The van der Waals surface area contributed by atoms with Crippen molar-refractivity contribution in [2.24, 2.45) is 0 Å². The van der Waals surface area contributed by atoms with Crippen LogP contribution in [0.2, 0.25) is 0 Å². The van der Waals surface area contributed by atoms with Crippen LogP contribution in [-0.4, -0.2) is 36.4 Å². The van der Waals surface area contributed by atoms with Crippen LogP contribution in [0.1, 0.15) is 13.8 Å². The number of hydrogen-bond donors (Lipinski definition) is 3. The first-order valence-corrected chi connectivity index (χ1v) is 3.69. The summed E-state index contributed by atoms with van der Waals surface area (Å²) >= 11 is 0. The molecule has 0 aromatic rings. The van der Waals surface area contributed by atoms with Crippen molar-refractivity contribution >= 4 is 0 Å². The molecular weight excluding hydrogens is 130 g/mol. The normalized spacial score (nSPS) is 10.8. The minimum atomic E-state index is 0.187. The SMILES string of the molecule is CCNNN(CC)CCO. The summed E-state index contributed by atoms with van der Waals surface area (Å²) in [5, 5.41) is 10.5. The smallest absolute Gasteiger partial charge is 0.0573 e. The van der Waals surface area contributed by atoms with Crippen molar-refractivity contribution in [3.05, 3.63) is 0 Å². The predicted octanol–water partition coefficient (Wildman–Crippen LogP) is -0.670. The van der Waals surface area contributed by atoms with Crippen LogP contribution >= 0.6 is 0 Å². The molecule has 4 nitrogen and oxygen atoms in total. The van der Waals surface area contributed by atoms with Crippen LogP contribution < -0.4 is 11.0 Å². The van der Waals surface area contributed by atoms with Crippen LogP contribution in [0.5, 0.6) is 0 Å². The molecule has 0 aromatic heterocycles. The number of nitrogens with zero attached hydrogens (tertiary/aromatic N) is 1. The van der Waals surface area contributed by atoms with Crippen LogP contribution in [0, 0.1) is 0 Å². The van der Waals surface area contributed by atoms with E-state index in [-0.39, 0.29) is 6.61 Å². The third-order valence-corrected chi connectivity index (χ3v) is 1.17. The molecule has 62 valence electrons. The van der Waals surface area contributed by atoms with E-state index in [2.05, 4.69) is 11.0 Å². The van der Waals surface area contributed by atoms with Crippen molar-refractivity contribution in [3.63, 3.8) is 0 Å². The summed E-state index contributed by atoms with van der Waals surface area (Å²) in [4.78, 5) is 0. The predicted molar refractivity (Wildman–Crippen MR) is 41.1 cm³/mol. The van der Waals surface area contributed by atoms with E-state index in [9.17, 15) is 0 Å². The molecule has 0 aliphatic rings. The van der Waals surface area contributed by atoms with Gasteiger partial charge < -0.3 is 5.11 Å². The van der Waals surface area contributed by atoms with Gasteiger partial charge in [0.05, 0.1) is 6.61 Å². The summed E-state index contributed by atoms with van der Waals surface area (Å²) in [6.45, 7) is 6.64. The second kappa shape index (κ2) is 6.95. The minimum Gasteiger partial charge on any atom is -0.395 e. The van der Waals surface area contributed by atoms with Gasteiger partial charge in [0.15, 0.2) is 0 Å². The van der Waals surface area contributed by atoms with Gasteiger partial charge in [0.1, 0.15) is 0 Å². The molecular formula is C6H17N3O. The lowest BCUT2D eigenvalue weighted by atomic mass is 10.6. The van der Waals surface area contributed by atoms with E-state index in [1.807, 2.05) is 18.9 Å². The Balaban J connectivity index is 3.21. The average molecular weight is 147 g/mol. The van der Waals surface area contributed by atoms with Gasteiger partial charge in [0.2, 0.25) is 0 Å². The molecule has 10 heavy (non-hydrogen) atoms. The molecule has 0 aliphatic carbocycles. The highest BCUT2D eigenvalue weighted by Gasteiger charge is 1.96. The fourth-order valence-corrected chi connectivity index (χ4v) is 0.605. The molecule has 0 bridgehead atoms.